The highest BCUT2D eigenvalue weighted by Gasteiger charge is 2.13. The van der Waals surface area contributed by atoms with E-state index in [1.807, 2.05) is 0 Å². The molecular formula is C3H8NO5P. The number of hydrogen-bond donors (Lipinski definition) is 4. The Kier molecular flexibility index (Phi) is 3.38. The molecule has 0 spiro atoms. The zero-order valence-corrected chi connectivity index (χ0v) is 5.86. The minimum atomic E-state index is -4.46. The van der Waals surface area contributed by atoms with Gasteiger partial charge in [0.2, 0.25) is 0 Å². The molecule has 0 aromatic heterocycles. The van der Waals surface area contributed by atoms with Gasteiger partial charge < -0.3 is 20.6 Å². The fourth-order valence-corrected chi connectivity index (χ4v) is 0.513. The highest BCUT2D eigenvalue weighted by Crippen LogP contribution is 2.35. The Hall–Kier alpha value is -0.550. The summed E-state index contributed by atoms with van der Waals surface area (Å²) in [5, 5.41) is 8.11. The van der Waals surface area contributed by atoms with Crippen molar-refractivity contribution in [1.82, 2.24) is 0 Å². The topological polar surface area (TPSA) is 113 Å². The second-order valence-corrected chi connectivity index (χ2v) is 2.71. The zero-order chi connectivity index (χ0) is 8.20. The summed E-state index contributed by atoms with van der Waals surface area (Å²) < 4.78 is 13.9. The molecular weight excluding hydrogens is 161 g/mol. The van der Waals surface area contributed by atoms with Crippen LogP contribution < -0.4 is 5.73 Å². The number of aliphatic hydroxyl groups is 1. The van der Waals surface area contributed by atoms with Crippen LogP contribution in [0.25, 0.3) is 0 Å². The van der Waals surface area contributed by atoms with Crippen molar-refractivity contribution < 1.29 is 24.0 Å². The van der Waals surface area contributed by atoms with E-state index >= 15 is 0 Å². The summed E-state index contributed by atoms with van der Waals surface area (Å²) in [6.07, 6.45) is 0.510. The number of phosphoric acid groups is 1. The van der Waals surface area contributed by atoms with Crippen LogP contribution in [0.15, 0.2) is 12.0 Å². The van der Waals surface area contributed by atoms with Gasteiger partial charge in [0.15, 0.2) is 0 Å². The molecule has 0 fully saturated rings. The van der Waals surface area contributed by atoms with Crippen LogP contribution >= 0.6 is 7.82 Å². The molecule has 0 rings (SSSR count). The fourth-order valence-electron chi connectivity index (χ4n) is 0.196. The maximum Gasteiger partial charge on any atom is 0.469 e. The Balaban J connectivity index is 3.67. The number of aliphatic hydroxyl groups excluding tert-OH is 1. The van der Waals surface area contributed by atoms with Crippen molar-refractivity contribution in [3.05, 3.63) is 12.0 Å². The maximum atomic E-state index is 9.96. The van der Waals surface area contributed by atoms with E-state index in [4.69, 9.17) is 20.6 Å². The molecule has 0 aliphatic heterocycles. The summed E-state index contributed by atoms with van der Waals surface area (Å²) >= 11 is 0. The summed E-state index contributed by atoms with van der Waals surface area (Å²) in [6.45, 7) is -0.485. The van der Waals surface area contributed by atoms with E-state index < -0.39 is 14.4 Å². The molecule has 0 saturated heterocycles. The van der Waals surface area contributed by atoms with Gasteiger partial charge in [0.25, 0.3) is 0 Å². The molecule has 0 bridgehead atoms. The van der Waals surface area contributed by atoms with Gasteiger partial charge in [0.05, 0.1) is 5.70 Å². The molecule has 5 N–H and O–H groups in total. The molecule has 0 aromatic carbocycles. The van der Waals surface area contributed by atoms with Gasteiger partial charge in [-0.3, -0.25) is 4.52 Å². The third-order valence-corrected chi connectivity index (χ3v) is 1.03. The van der Waals surface area contributed by atoms with Crippen LogP contribution in [-0.4, -0.2) is 21.5 Å². The SMILES string of the molecule is N/C(=C\O)COP(=O)(O)O. The van der Waals surface area contributed by atoms with E-state index in [1.165, 1.54) is 0 Å². The molecule has 0 saturated carbocycles. The summed E-state index contributed by atoms with van der Waals surface area (Å²) in [5.74, 6) is 0. The van der Waals surface area contributed by atoms with Crippen LogP contribution in [-0.2, 0) is 9.09 Å². The van der Waals surface area contributed by atoms with Crippen LogP contribution in [0.5, 0.6) is 0 Å². The molecule has 0 atom stereocenters. The number of hydrogen-bond acceptors (Lipinski definition) is 4. The largest absolute Gasteiger partial charge is 0.514 e. The monoisotopic (exact) mass is 169 g/mol. The molecule has 6 nitrogen and oxygen atoms in total. The molecule has 60 valence electrons. The first-order valence-corrected chi connectivity index (χ1v) is 3.77. The van der Waals surface area contributed by atoms with Crippen molar-refractivity contribution in [2.24, 2.45) is 5.73 Å². The van der Waals surface area contributed by atoms with Crippen molar-refractivity contribution in [3.63, 3.8) is 0 Å². The molecule has 0 heterocycles. The first-order chi connectivity index (χ1) is 4.45. The average Bonchev–Trinajstić information content (AvgIpc) is 1.81. The lowest BCUT2D eigenvalue weighted by Crippen LogP contribution is -2.05. The smallest absolute Gasteiger partial charge is 0.469 e. The van der Waals surface area contributed by atoms with Crippen LogP contribution in [0.1, 0.15) is 0 Å². The van der Waals surface area contributed by atoms with Gasteiger partial charge in [0.1, 0.15) is 12.9 Å². The van der Waals surface area contributed by atoms with Crippen LogP contribution in [0.2, 0.25) is 0 Å². The van der Waals surface area contributed by atoms with E-state index in [9.17, 15) is 4.57 Å². The average molecular weight is 169 g/mol. The number of nitrogens with two attached hydrogens (primary N) is 1. The molecule has 0 unspecified atom stereocenters. The Morgan fingerprint density at radius 2 is 2.20 bits per heavy atom. The number of phosphoric ester groups is 1. The molecule has 0 aliphatic carbocycles. The third kappa shape index (κ3) is 5.58. The first kappa shape index (κ1) is 9.45. The second-order valence-electron chi connectivity index (χ2n) is 1.47. The second kappa shape index (κ2) is 3.58. The number of rotatable bonds is 3. The van der Waals surface area contributed by atoms with E-state index in [1.54, 1.807) is 0 Å². The van der Waals surface area contributed by atoms with Gasteiger partial charge in [0, 0.05) is 0 Å². The Morgan fingerprint density at radius 3 is 2.50 bits per heavy atom. The zero-order valence-electron chi connectivity index (χ0n) is 4.97. The van der Waals surface area contributed by atoms with E-state index in [-0.39, 0.29) is 5.70 Å². The van der Waals surface area contributed by atoms with Crippen molar-refractivity contribution in [2.45, 2.75) is 0 Å². The summed E-state index contributed by atoms with van der Waals surface area (Å²) in [6, 6.07) is 0. The molecule has 0 aliphatic rings. The maximum absolute atomic E-state index is 9.96. The molecule has 7 heteroatoms. The van der Waals surface area contributed by atoms with Gasteiger partial charge in [-0.2, -0.15) is 0 Å². The van der Waals surface area contributed by atoms with Gasteiger partial charge in [-0.15, -0.1) is 0 Å². The lowest BCUT2D eigenvalue weighted by molar-refractivity contribution is 0.209. The van der Waals surface area contributed by atoms with E-state index in [2.05, 4.69) is 4.52 Å². The van der Waals surface area contributed by atoms with E-state index in [0.717, 1.165) is 0 Å². The van der Waals surface area contributed by atoms with Gasteiger partial charge in [-0.25, -0.2) is 4.57 Å². The lowest BCUT2D eigenvalue weighted by atomic mass is 10.5. The van der Waals surface area contributed by atoms with Gasteiger partial charge in [-0.05, 0) is 0 Å². The standard InChI is InChI=1S/C3H8NO5P/c4-3(1-5)2-9-10(6,7)8/h1,5H,2,4H2,(H2,6,7,8)/b3-1-. The predicted octanol–water partition coefficient (Wildman–Crippen LogP) is -0.546. The van der Waals surface area contributed by atoms with Crippen molar-refractivity contribution >= 4 is 7.82 Å². The minimum Gasteiger partial charge on any atom is -0.514 e. The molecule has 0 radical (unpaired) electrons. The third-order valence-electron chi connectivity index (χ3n) is 0.565. The van der Waals surface area contributed by atoms with Gasteiger partial charge >= 0.3 is 7.82 Å². The minimum absolute atomic E-state index is 0.150. The molecule has 0 amide bonds. The first-order valence-electron chi connectivity index (χ1n) is 2.24. The lowest BCUT2D eigenvalue weighted by Gasteiger charge is -2.02. The predicted molar refractivity (Wildman–Crippen MR) is 32.9 cm³/mol. The van der Waals surface area contributed by atoms with E-state index in [0.29, 0.717) is 6.26 Å². The quantitative estimate of drug-likeness (QED) is 0.333. The Labute approximate surface area is 57.2 Å². The highest BCUT2D eigenvalue weighted by molar-refractivity contribution is 7.46. The molecule has 0 aromatic rings. The Bertz CT molecular complexity index is 172. The normalized spacial score (nSPS) is 13.6. The van der Waals surface area contributed by atoms with Crippen LogP contribution in [0.3, 0.4) is 0 Å². The summed E-state index contributed by atoms with van der Waals surface area (Å²) in [4.78, 5) is 16.2. The molecule has 10 heavy (non-hydrogen) atoms. The summed E-state index contributed by atoms with van der Waals surface area (Å²) in [5.41, 5.74) is 4.77. The summed E-state index contributed by atoms with van der Waals surface area (Å²) in [7, 11) is -4.46. The Morgan fingerprint density at radius 1 is 1.70 bits per heavy atom. The van der Waals surface area contributed by atoms with Crippen molar-refractivity contribution in [2.75, 3.05) is 6.61 Å². The van der Waals surface area contributed by atoms with Crippen LogP contribution in [0, 0.1) is 0 Å². The fraction of sp³-hybridized carbons (Fsp3) is 0.333. The van der Waals surface area contributed by atoms with Crippen LogP contribution in [0.4, 0.5) is 0 Å². The van der Waals surface area contributed by atoms with Gasteiger partial charge in [-0.1, -0.05) is 0 Å². The van der Waals surface area contributed by atoms with Crippen molar-refractivity contribution in [3.8, 4) is 0 Å². The van der Waals surface area contributed by atoms with Crippen molar-refractivity contribution in [1.29, 1.82) is 0 Å². The highest BCUT2D eigenvalue weighted by atomic mass is 31.2.